The van der Waals surface area contributed by atoms with Gasteiger partial charge in [0.05, 0.1) is 0 Å². The highest BCUT2D eigenvalue weighted by atomic mass is 15.2. The van der Waals surface area contributed by atoms with E-state index in [0.717, 1.165) is 17.9 Å². The molecule has 1 saturated heterocycles. The van der Waals surface area contributed by atoms with Gasteiger partial charge in [-0.25, -0.2) is 0 Å². The molecule has 118 valence electrons. The van der Waals surface area contributed by atoms with Crippen molar-refractivity contribution < 1.29 is 0 Å². The second kappa shape index (κ2) is 8.38. The van der Waals surface area contributed by atoms with Crippen LogP contribution in [0.1, 0.15) is 72.1 Å². The van der Waals surface area contributed by atoms with Crippen LogP contribution < -0.4 is 5.32 Å². The minimum absolute atomic E-state index is 0.708. The molecule has 2 fully saturated rings. The Labute approximate surface area is 126 Å². The molecular weight excluding hydrogens is 244 g/mol. The molecule has 0 aromatic carbocycles. The number of rotatable bonds is 5. The summed E-state index contributed by atoms with van der Waals surface area (Å²) in [5.41, 5.74) is 0. The molecule has 1 heterocycles. The topological polar surface area (TPSA) is 15.3 Å². The van der Waals surface area contributed by atoms with Gasteiger partial charge < -0.3 is 5.32 Å². The minimum Gasteiger partial charge on any atom is -0.316 e. The maximum absolute atomic E-state index is 3.58. The first-order valence-corrected chi connectivity index (χ1v) is 9.17. The largest absolute Gasteiger partial charge is 0.316 e. The summed E-state index contributed by atoms with van der Waals surface area (Å²) in [6, 6.07) is 1.56. The second-order valence-electron chi connectivity index (χ2n) is 7.44. The fraction of sp³-hybridized carbons (Fsp3) is 1.00. The van der Waals surface area contributed by atoms with E-state index in [-0.39, 0.29) is 0 Å². The average Bonchev–Trinajstić information content (AvgIpc) is 2.71. The van der Waals surface area contributed by atoms with Crippen molar-refractivity contribution in [2.45, 2.75) is 84.2 Å². The van der Waals surface area contributed by atoms with Crippen LogP contribution in [-0.4, -0.2) is 36.6 Å². The summed E-state index contributed by atoms with van der Waals surface area (Å²) in [5, 5.41) is 3.58. The maximum atomic E-state index is 3.58. The quantitative estimate of drug-likeness (QED) is 0.764. The molecule has 2 rings (SSSR count). The minimum atomic E-state index is 0.708. The molecule has 2 heteroatoms. The molecule has 3 unspecified atom stereocenters. The summed E-state index contributed by atoms with van der Waals surface area (Å²) >= 11 is 0. The van der Waals surface area contributed by atoms with Crippen LogP contribution in [0.15, 0.2) is 0 Å². The van der Waals surface area contributed by atoms with Crippen LogP contribution >= 0.6 is 0 Å². The first-order valence-electron chi connectivity index (χ1n) is 9.17. The van der Waals surface area contributed by atoms with E-state index in [4.69, 9.17) is 0 Å². The van der Waals surface area contributed by atoms with Crippen LogP contribution in [0.3, 0.4) is 0 Å². The summed E-state index contributed by atoms with van der Waals surface area (Å²) in [7, 11) is 0. The number of hydrogen-bond donors (Lipinski definition) is 1. The van der Waals surface area contributed by atoms with Gasteiger partial charge in [0.1, 0.15) is 0 Å². The Bertz CT molecular complexity index is 258. The lowest BCUT2D eigenvalue weighted by Gasteiger charge is -2.38. The normalized spacial score (nSPS) is 32.5. The Morgan fingerprint density at radius 3 is 2.45 bits per heavy atom. The molecule has 1 aliphatic carbocycles. The lowest BCUT2D eigenvalue weighted by atomic mass is 9.95. The molecule has 0 aromatic rings. The highest BCUT2D eigenvalue weighted by Gasteiger charge is 2.27. The first kappa shape index (κ1) is 16.3. The predicted octanol–water partition coefficient (Wildman–Crippen LogP) is 4.06. The fourth-order valence-electron chi connectivity index (χ4n) is 4.26. The van der Waals surface area contributed by atoms with Crippen molar-refractivity contribution >= 4 is 0 Å². The molecule has 0 radical (unpaired) electrons. The van der Waals surface area contributed by atoms with Crippen molar-refractivity contribution in [2.24, 2.45) is 11.8 Å². The molecule has 1 saturated carbocycles. The third kappa shape index (κ3) is 4.73. The highest BCUT2D eigenvalue weighted by molar-refractivity contribution is 4.82. The Hall–Kier alpha value is -0.0800. The molecule has 1 aliphatic heterocycles. The molecule has 0 spiro atoms. The summed E-state index contributed by atoms with van der Waals surface area (Å²) in [6.45, 7) is 11.0. The summed E-state index contributed by atoms with van der Waals surface area (Å²) < 4.78 is 0. The smallest absolute Gasteiger partial charge is 0.00981 e. The molecule has 2 aliphatic rings. The van der Waals surface area contributed by atoms with E-state index < -0.39 is 0 Å². The number of nitrogens with zero attached hydrogens (tertiary/aromatic N) is 1. The summed E-state index contributed by atoms with van der Waals surface area (Å²) in [5.74, 6) is 1.89. The van der Waals surface area contributed by atoms with Crippen LogP contribution in [0.4, 0.5) is 0 Å². The number of hydrogen-bond acceptors (Lipinski definition) is 2. The molecule has 0 amide bonds. The lowest BCUT2D eigenvalue weighted by Crippen LogP contribution is -2.46. The van der Waals surface area contributed by atoms with Gasteiger partial charge in [0.2, 0.25) is 0 Å². The zero-order valence-electron chi connectivity index (χ0n) is 14.0. The highest BCUT2D eigenvalue weighted by Crippen LogP contribution is 2.30. The van der Waals surface area contributed by atoms with Gasteiger partial charge in [-0.2, -0.15) is 0 Å². The van der Waals surface area contributed by atoms with E-state index in [1.165, 1.54) is 71.0 Å². The monoisotopic (exact) mass is 280 g/mol. The van der Waals surface area contributed by atoms with Gasteiger partial charge in [0.25, 0.3) is 0 Å². The van der Waals surface area contributed by atoms with Crippen molar-refractivity contribution in [3.8, 4) is 0 Å². The Morgan fingerprint density at radius 2 is 1.80 bits per heavy atom. The second-order valence-corrected chi connectivity index (χ2v) is 7.44. The third-order valence-electron chi connectivity index (χ3n) is 5.64. The van der Waals surface area contributed by atoms with Crippen LogP contribution in [0.5, 0.6) is 0 Å². The molecule has 0 bridgehead atoms. The SMILES string of the molecule is CCC1CCCC(N(CC2CCCNC2)C(C)C)CC1. The van der Waals surface area contributed by atoms with E-state index in [9.17, 15) is 0 Å². The van der Waals surface area contributed by atoms with Crippen LogP contribution in [0.25, 0.3) is 0 Å². The molecule has 20 heavy (non-hydrogen) atoms. The lowest BCUT2D eigenvalue weighted by molar-refractivity contribution is 0.106. The zero-order chi connectivity index (χ0) is 14.4. The van der Waals surface area contributed by atoms with Gasteiger partial charge in [0.15, 0.2) is 0 Å². The average molecular weight is 281 g/mol. The Morgan fingerprint density at radius 1 is 1.00 bits per heavy atom. The van der Waals surface area contributed by atoms with Crippen molar-refractivity contribution in [3.05, 3.63) is 0 Å². The molecular formula is C18H36N2. The predicted molar refractivity (Wildman–Crippen MR) is 88.1 cm³/mol. The molecule has 1 N–H and O–H groups in total. The van der Waals surface area contributed by atoms with Gasteiger partial charge in [-0.1, -0.05) is 26.2 Å². The summed E-state index contributed by atoms with van der Waals surface area (Å²) in [4.78, 5) is 2.84. The number of piperidine rings is 1. The van der Waals surface area contributed by atoms with Crippen molar-refractivity contribution in [2.75, 3.05) is 19.6 Å². The number of nitrogens with one attached hydrogen (secondary N) is 1. The Kier molecular flexibility index (Phi) is 6.83. The maximum Gasteiger partial charge on any atom is 0.00981 e. The van der Waals surface area contributed by atoms with E-state index >= 15 is 0 Å². The summed E-state index contributed by atoms with van der Waals surface area (Å²) in [6.07, 6.45) is 11.5. The first-order chi connectivity index (χ1) is 9.70. The van der Waals surface area contributed by atoms with Gasteiger partial charge in [0, 0.05) is 18.6 Å². The van der Waals surface area contributed by atoms with Crippen LogP contribution in [0.2, 0.25) is 0 Å². The third-order valence-corrected chi connectivity index (χ3v) is 5.64. The molecule has 0 aromatic heterocycles. The van der Waals surface area contributed by atoms with E-state index in [1.54, 1.807) is 0 Å². The van der Waals surface area contributed by atoms with Crippen molar-refractivity contribution in [1.29, 1.82) is 0 Å². The van der Waals surface area contributed by atoms with Crippen molar-refractivity contribution in [1.82, 2.24) is 10.2 Å². The van der Waals surface area contributed by atoms with E-state index in [0.29, 0.717) is 6.04 Å². The van der Waals surface area contributed by atoms with E-state index in [1.807, 2.05) is 0 Å². The van der Waals surface area contributed by atoms with E-state index in [2.05, 4.69) is 31.0 Å². The standard InChI is InChI=1S/C18H36N2/c1-4-16-7-5-9-18(11-10-16)20(15(2)3)14-17-8-6-12-19-13-17/h15-19H,4-14H2,1-3H3. The molecule has 3 atom stereocenters. The van der Waals surface area contributed by atoms with Gasteiger partial charge >= 0.3 is 0 Å². The fourth-order valence-corrected chi connectivity index (χ4v) is 4.26. The molecule has 2 nitrogen and oxygen atoms in total. The Balaban J connectivity index is 1.89. The van der Waals surface area contributed by atoms with Gasteiger partial charge in [-0.05, 0) is 70.9 Å². The van der Waals surface area contributed by atoms with Crippen LogP contribution in [-0.2, 0) is 0 Å². The van der Waals surface area contributed by atoms with Crippen LogP contribution in [0, 0.1) is 11.8 Å². The van der Waals surface area contributed by atoms with Gasteiger partial charge in [-0.3, -0.25) is 4.90 Å². The zero-order valence-corrected chi connectivity index (χ0v) is 14.0. The van der Waals surface area contributed by atoms with Crippen molar-refractivity contribution in [3.63, 3.8) is 0 Å². The van der Waals surface area contributed by atoms with Gasteiger partial charge in [-0.15, -0.1) is 0 Å².